The first kappa shape index (κ1) is 21.6. The van der Waals surface area contributed by atoms with Gasteiger partial charge in [-0.15, -0.1) is 0 Å². The summed E-state index contributed by atoms with van der Waals surface area (Å²) in [7, 11) is 0. The SMILES string of the molecule is CC(=O)N(C1CC(=O)N(c2ccc(-c3nc4ccccc4o3)cc2)C1=O)C(C)c1ccccc1. The summed E-state index contributed by atoms with van der Waals surface area (Å²) in [5.74, 6) is -0.534. The van der Waals surface area contributed by atoms with Gasteiger partial charge in [0, 0.05) is 12.5 Å². The first-order chi connectivity index (χ1) is 16.4. The Labute approximate surface area is 196 Å². The highest BCUT2D eigenvalue weighted by atomic mass is 16.3. The van der Waals surface area contributed by atoms with Crippen LogP contribution in [-0.2, 0) is 14.4 Å². The lowest BCUT2D eigenvalue weighted by molar-refractivity contribution is -0.139. The van der Waals surface area contributed by atoms with Crippen molar-refractivity contribution >= 4 is 34.5 Å². The Morgan fingerprint density at radius 2 is 1.68 bits per heavy atom. The van der Waals surface area contributed by atoms with E-state index in [1.54, 1.807) is 24.3 Å². The van der Waals surface area contributed by atoms with Gasteiger partial charge in [-0.3, -0.25) is 14.4 Å². The third-order valence-electron chi connectivity index (χ3n) is 6.19. The number of benzene rings is 3. The van der Waals surface area contributed by atoms with E-state index in [1.807, 2.05) is 61.5 Å². The molecule has 1 aromatic heterocycles. The Bertz CT molecular complexity index is 1350. The van der Waals surface area contributed by atoms with Gasteiger partial charge in [-0.2, -0.15) is 0 Å². The second-order valence-corrected chi connectivity index (χ2v) is 8.33. The summed E-state index contributed by atoms with van der Waals surface area (Å²) in [5, 5.41) is 0. The third kappa shape index (κ3) is 3.75. The number of nitrogens with zero attached hydrogens (tertiary/aromatic N) is 3. The minimum Gasteiger partial charge on any atom is -0.436 e. The topological polar surface area (TPSA) is 83.7 Å². The molecule has 1 aliphatic heterocycles. The molecule has 1 aliphatic rings. The van der Waals surface area contributed by atoms with Crippen LogP contribution < -0.4 is 4.90 Å². The summed E-state index contributed by atoms with van der Waals surface area (Å²) in [6.07, 6.45) is -0.0531. The van der Waals surface area contributed by atoms with Crippen molar-refractivity contribution in [3.63, 3.8) is 0 Å². The molecule has 170 valence electrons. The number of oxazole rings is 1. The van der Waals surface area contributed by atoms with E-state index < -0.39 is 11.9 Å². The van der Waals surface area contributed by atoms with E-state index >= 15 is 0 Å². The second kappa shape index (κ2) is 8.59. The number of amides is 3. The summed E-state index contributed by atoms with van der Waals surface area (Å²) >= 11 is 0. The number of hydrogen-bond donors (Lipinski definition) is 0. The number of hydrogen-bond acceptors (Lipinski definition) is 5. The normalized spacial score (nSPS) is 16.8. The van der Waals surface area contributed by atoms with Crippen LogP contribution in [0.4, 0.5) is 5.69 Å². The fourth-order valence-electron chi connectivity index (χ4n) is 4.51. The molecule has 0 aliphatic carbocycles. The van der Waals surface area contributed by atoms with Crippen molar-refractivity contribution < 1.29 is 18.8 Å². The van der Waals surface area contributed by atoms with Crippen LogP contribution in [-0.4, -0.2) is 33.6 Å². The van der Waals surface area contributed by atoms with Gasteiger partial charge in [0.2, 0.25) is 17.7 Å². The van der Waals surface area contributed by atoms with Gasteiger partial charge in [0.15, 0.2) is 5.58 Å². The molecule has 3 amide bonds. The molecule has 0 saturated carbocycles. The van der Waals surface area contributed by atoms with Crippen LogP contribution in [0.3, 0.4) is 0 Å². The fraction of sp³-hybridized carbons (Fsp3) is 0.185. The Kier molecular flexibility index (Phi) is 5.45. The summed E-state index contributed by atoms with van der Waals surface area (Å²) in [4.78, 5) is 45.9. The van der Waals surface area contributed by atoms with Crippen molar-refractivity contribution in [3.05, 3.63) is 84.4 Å². The van der Waals surface area contributed by atoms with E-state index in [1.165, 1.54) is 11.8 Å². The quantitative estimate of drug-likeness (QED) is 0.408. The van der Waals surface area contributed by atoms with Crippen molar-refractivity contribution in [2.45, 2.75) is 32.4 Å². The maximum atomic E-state index is 13.4. The van der Waals surface area contributed by atoms with Crippen LogP contribution in [0.15, 0.2) is 83.3 Å². The lowest BCUT2D eigenvalue weighted by Gasteiger charge is -2.32. The van der Waals surface area contributed by atoms with Crippen molar-refractivity contribution in [1.29, 1.82) is 0 Å². The second-order valence-electron chi connectivity index (χ2n) is 8.33. The Morgan fingerprint density at radius 3 is 2.35 bits per heavy atom. The zero-order chi connectivity index (χ0) is 23.8. The smallest absolute Gasteiger partial charge is 0.257 e. The fourth-order valence-corrected chi connectivity index (χ4v) is 4.51. The number of aromatic nitrogens is 1. The van der Waals surface area contributed by atoms with Crippen LogP contribution in [0.25, 0.3) is 22.6 Å². The highest BCUT2D eigenvalue weighted by Gasteiger charge is 2.45. The van der Waals surface area contributed by atoms with E-state index in [4.69, 9.17) is 4.42 Å². The Hall–Kier alpha value is -4.26. The molecular weight excluding hydrogens is 430 g/mol. The molecule has 3 aromatic carbocycles. The molecule has 4 aromatic rings. The summed E-state index contributed by atoms with van der Waals surface area (Å²) in [6.45, 7) is 3.29. The number of para-hydroxylation sites is 2. The number of anilines is 1. The standard InChI is InChI=1S/C27H23N3O4/c1-17(19-8-4-3-5-9-19)29(18(2)31)23-16-25(32)30(27(23)33)21-14-12-20(13-15-21)26-28-22-10-6-7-11-24(22)34-26/h3-15,17,23H,16H2,1-2H3. The van der Waals surface area contributed by atoms with Gasteiger partial charge < -0.3 is 9.32 Å². The van der Waals surface area contributed by atoms with Crippen molar-refractivity contribution in [1.82, 2.24) is 9.88 Å². The number of rotatable bonds is 5. The van der Waals surface area contributed by atoms with Crippen molar-refractivity contribution in [3.8, 4) is 11.5 Å². The summed E-state index contributed by atoms with van der Waals surface area (Å²) in [5.41, 5.74) is 3.53. The molecule has 0 bridgehead atoms. The molecular formula is C27H23N3O4. The molecule has 5 rings (SSSR count). The summed E-state index contributed by atoms with van der Waals surface area (Å²) < 4.78 is 5.80. The number of carbonyl (C=O) groups excluding carboxylic acids is 3. The van der Waals surface area contributed by atoms with Gasteiger partial charge in [0.05, 0.1) is 18.2 Å². The van der Waals surface area contributed by atoms with Crippen LogP contribution in [0, 0.1) is 0 Å². The Morgan fingerprint density at radius 1 is 1.00 bits per heavy atom. The molecule has 1 saturated heterocycles. The maximum Gasteiger partial charge on any atom is 0.257 e. The van der Waals surface area contributed by atoms with Gasteiger partial charge in [-0.1, -0.05) is 42.5 Å². The van der Waals surface area contributed by atoms with E-state index in [2.05, 4.69) is 4.98 Å². The predicted octanol–water partition coefficient (Wildman–Crippen LogP) is 4.74. The van der Waals surface area contributed by atoms with E-state index in [0.29, 0.717) is 17.2 Å². The lowest BCUT2D eigenvalue weighted by atomic mass is 10.0. The van der Waals surface area contributed by atoms with E-state index in [9.17, 15) is 14.4 Å². The largest absolute Gasteiger partial charge is 0.436 e. The molecule has 1 fully saturated rings. The van der Waals surface area contributed by atoms with Gasteiger partial charge in [0.1, 0.15) is 11.6 Å². The molecule has 2 unspecified atom stereocenters. The molecule has 2 heterocycles. The molecule has 0 N–H and O–H groups in total. The maximum absolute atomic E-state index is 13.4. The number of imide groups is 1. The molecule has 0 radical (unpaired) electrons. The third-order valence-corrected chi connectivity index (χ3v) is 6.19. The van der Waals surface area contributed by atoms with Crippen molar-refractivity contribution in [2.75, 3.05) is 4.90 Å². The number of fused-ring (bicyclic) bond motifs is 1. The molecule has 34 heavy (non-hydrogen) atoms. The monoisotopic (exact) mass is 453 g/mol. The average molecular weight is 453 g/mol. The lowest BCUT2D eigenvalue weighted by Crippen LogP contribution is -2.45. The molecule has 0 spiro atoms. The zero-order valence-electron chi connectivity index (χ0n) is 18.8. The van der Waals surface area contributed by atoms with Crippen LogP contribution in [0.5, 0.6) is 0 Å². The van der Waals surface area contributed by atoms with Gasteiger partial charge in [-0.25, -0.2) is 9.88 Å². The van der Waals surface area contributed by atoms with Crippen molar-refractivity contribution in [2.24, 2.45) is 0 Å². The van der Waals surface area contributed by atoms with Gasteiger partial charge in [-0.05, 0) is 48.9 Å². The van der Waals surface area contributed by atoms with Crippen LogP contribution in [0.2, 0.25) is 0 Å². The van der Waals surface area contributed by atoms with Gasteiger partial charge in [0.25, 0.3) is 5.91 Å². The average Bonchev–Trinajstić information content (AvgIpc) is 3.40. The minimum absolute atomic E-state index is 0.0531. The van der Waals surface area contributed by atoms with Crippen LogP contribution in [0.1, 0.15) is 31.9 Å². The number of carbonyl (C=O) groups is 3. The van der Waals surface area contributed by atoms with E-state index in [0.717, 1.165) is 21.5 Å². The first-order valence-electron chi connectivity index (χ1n) is 11.1. The summed E-state index contributed by atoms with van der Waals surface area (Å²) in [6, 6.07) is 22.7. The first-order valence-corrected chi connectivity index (χ1v) is 11.1. The molecule has 7 heteroatoms. The molecule has 7 nitrogen and oxygen atoms in total. The Balaban J connectivity index is 1.40. The van der Waals surface area contributed by atoms with E-state index in [-0.39, 0.29) is 24.3 Å². The molecule has 2 atom stereocenters. The van der Waals surface area contributed by atoms with Crippen LogP contribution >= 0.6 is 0 Å². The highest BCUT2D eigenvalue weighted by molar-refractivity contribution is 6.23. The zero-order valence-corrected chi connectivity index (χ0v) is 18.8. The highest BCUT2D eigenvalue weighted by Crippen LogP contribution is 2.32. The minimum atomic E-state index is -0.850. The predicted molar refractivity (Wildman–Crippen MR) is 128 cm³/mol. The van der Waals surface area contributed by atoms with Gasteiger partial charge >= 0.3 is 0 Å².